The van der Waals surface area contributed by atoms with Gasteiger partial charge in [-0.25, -0.2) is 9.59 Å². The molecule has 32 heavy (non-hydrogen) atoms. The maximum atomic E-state index is 12.4. The predicted molar refractivity (Wildman–Crippen MR) is 124 cm³/mol. The zero-order valence-electron chi connectivity index (χ0n) is 17.9. The average Bonchev–Trinajstić information content (AvgIpc) is 3.14. The van der Waals surface area contributed by atoms with E-state index in [1.54, 1.807) is 0 Å². The molecule has 6 heteroatoms. The van der Waals surface area contributed by atoms with E-state index in [-0.39, 0.29) is 18.9 Å². The van der Waals surface area contributed by atoms with Crippen molar-refractivity contribution in [1.82, 2.24) is 5.32 Å². The first-order chi connectivity index (χ1) is 15.5. The van der Waals surface area contributed by atoms with Crippen LogP contribution in [0.25, 0.3) is 11.1 Å². The number of alkyl carbamates (subject to hydrolysis) is 1. The summed E-state index contributed by atoms with van der Waals surface area (Å²) in [7, 11) is 1.89. The number of nitrogens with one attached hydrogen (secondary N) is 1. The van der Waals surface area contributed by atoms with E-state index in [1.165, 1.54) is 0 Å². The topological polar surface area (TPSA) is 78.9 Å². The highest BCUT2D eigenvalue weighted by molar-refractivity contribution is 5.81. The van der Waals surface area contributed by atoms with Gasteiger partial charge in [-0.3, -0.25) is 0 Å². The van der Waals surface area contributed by atoms with Crippen LogP contribution in [0.4, 0.5) is 10.5 Å². The van der Waals surface area contributed by atoms with Crippen LogP contribution in [0, 0.1) is 0 Å². The molecular weight excluding hydrogens is 404 g/mol. The van der Waals surface area contributed by atoms with Crippen LogP contribution in [0.3, 0.4) is 0 Å². The van der Waals surface area contributed by atoms with Crippen LogP contribution in [0.1, 0.15) is 23.5 Å². The Morgan fingerprint density at radius 1 is 0.938 bits per heavy atom. The molecule has 0 saturated carbocycles. The molecule has 0 unspecified atom stereocenters. The van der Waals surface area contributed by atoms with Crippen LogP contribution in [0.5, 0.6) is 0 Å². The molecule has 1 amide bonds. The van der Waals surface area contributed by atoms with Gasteiger partial charge in [-0.15, -0.1) is 0 Å². The fraction of sp³-hybridized carbons (Fsp3) is 0.231. The lowest BCUT2D eigenvalue weighted by Gasteiger charge is -2.22. The van der Waals surface area contributed by atoms with Crippen LogP contribution in [0.15, 0.2) is 78.9 Å². The van der Waals surface area contributed by atoms with Gasteiger partial charge in [0.15, 0.2) is 0 Å². The highest BCUT2D eigenvalue weighted by Gasteiger charge is 2.29. The summed E-state index contributed by atoms with van der Waals surface area (Å²) in [6.45, 7) is 0.626. The number of para-hydroxylation sites is 1. The summed E-state index contributed by atoms with van der Waals surface area (Å²) in [5, 5.41) is 12.1. The average molecular weight is 431 g/mol. The molecule has 0 fully saturated rings. The first kappa shape index (κ1) is 21.4. The maximum Gasteiger partial charge on any atom is 0.407 e. The van der Waals surface area contributed by atoms with E-state index < -0.39 is 18.1 Å². The minimum atomic E-state index is -1.08. The summed E-state index contributed by atoms with van der Waals surface area (Å²) >= 11 is 0. The van der Waals surface area contributed by atoms with E-state index in [1.807, 2.05) is 78.7 Å². The number of carbonyl (C=O) groups is 2. The van der Waals surface area contributed by atoms with Gasteiger partial charge in [0, 0.05) is 25.2 Å². The summed E-state index contributed by atoms with van der Waals surface area (Å²) in [6.07, 6.45) is -0.466. The number of nitrogens with zero attached hydrogens (tertiary/aromatic N) is 1. The number of fused-ring (bicyclic) bond motifs is 3. The second kappa shape index (κ2) is 9.56. The lowest BCUT2D eigenvalue weighted by molar-refractivity contribution is -0.139. The van der Waals surface area contributed by atoms with Crippen molar-refractivity contribution in [3.05, 3.63) is 90.0 Å². The van der Waals surface area contributed by atoms with Crippen molar-refractivity contribution in [2.24, 2.45) is 0 Å². The zero-order chi connectivity index (χ0) is 22.5. The van der Waals surface area contributed by atoms with Gasteiger partial charge >= 0.3 is 12.1 Å². The lowest BCUT2D eigenvalue weighted by atomic mass is 9.98. The second-order valence-corrected chi connectivity index (χ2v) is 7.91. The number of benzene rings is 3. The Bertz CT molecular complexity index is 1050. The number of amides is 1. The quantitative estimate of drug-likeness (QED) is 0.550. The molecule has 0 saturated heterocycles. The van der Waals surface area contributed by atoms with Crippen molar-refractivity contribution in [2.45, 2.75) is 18.4 Å². The molecule has 0 aliphatic heterocycles. The number of carbonyl (C=O) groups excluding carboxylic acids is 1. The Kier molecular flexibility index (Phi) is 6.40. The zero-order valence-corrected chi connectivity index (χ0v) is 17.9. The highest BCUT2D eigenvalue weighted by atomic mass is 16.5. The summed E-state index contributed by atoms with van der Waals surface area (Å²) in [5.41, 5.74) is 5.49. The number of hydrogen-bond acceptors (Lipinski definition) is 4. The summed E-state index contributed by atoms with van der Waals surface area (Å²) in [5.74, 6) is -1.15. The lowest BCUT2D eigenvalue weighted by Crippen LogP contribution is -2.43. The summed E-state index contributed by atoms with van der Waals surface area (Å²) < 4.78 is 5.48. The Balaban J connectivity index is 1.36. The third-order valence-corrected chi connectivity index (χ3v) is 5.88. The maximum absolute atomic E-state index is 12.4. The molecule has 6 nitrogen and oxygen atoms in total. The van der Waals surface area contributed by atoms with Gasteiger partial charge in [0.2, 0.25) is 0 Å². The highest BCUT2D eigenvalue weighted by Crippen LogP contribution is 2.44. The Morgan fingerprint density at radius 2 is 1.50 bits per heavy atom. The van der Waals surface area contributed by atoms with E-state index >= 15 is 0 Å². The number of aliphatic carboxylic acids is 1. The van der Waals surface area contributed by atoms with E-state index in [0.29, 0.717) is 6.54 Å². The largest absolute Gasteiger partial charge is 0.480 e. The smallest absolute Gasteiger partial charge is 0.407 e. The molecular formula is C26H26N2O4. The van der Waals surface area contributed by atoms with Gasteiger partial charge in [0.05, 0.1) is 0 Å². The van der Waals surface area contributed by atoms with Crippen molar-refractivity contribution in [1.29, 1.82) is 0 Å². The number of carboxylic acids is 1. The van der Waals surface area contributed by atoms with Crippen molar-refractivity contribution in [3.8, 4) is 11.1 Å². The number of rotatable bonds is 8. The molecule has 2 N–H and O–H groups in total. The van der Waals surface area contributed by atoms with E-state index in [9.17, 15) is 14.7 Å². The third-order valence-electron chi connectivity index (χ3n) is 5.88. The molecule has 3 aromatic rings. The fourth-order valence-corrected chi connectivity index (χ4v) is 4.17. The number of anilines is 1. The third kappa shape index (κ3) is 4.59. The van der Waals surface area contributed by atoms with Crippen molar-refractivity contribution < 1.29 is 19.4 Å². The minimum absolute atomic E-state index is 0.0688. The molecule has 3 aromatic carbocycles. The molecule has 1 aliphatic rings. The molecule has 0 bridgehead atoms. The van der Waals surface area contributed by atoms with Crippen molar-refractivity contribution in [2.75, 3.05) is 25.1 Å². The van der Waals surface area contributed by atoms with E-state index in [2.05, 4.69) is 17.4 Å². The summed E-state index contributed by atoms with van der Waals surface area (Å²) in [6, 6.07) is 24.8. The van der Waals surface area contributed by atoms with Crippen LogP contribution >= 0.6 is 0 Å². The van der Waals surface area contributed by atoms with Crippen LogP contribution in [-0.2, 0) is 9.53 Å². The standard InChI is InChI=1S/C26H26N2O4/c1-28(18-9-3-2-4-10-18)16-15-24(25(29)30)27-26(31)32-17-23-21-13-7-5-11-19(21)20-12-6-8-14-22(20)23/h2-14,23-24H,15-17H2,1H3,(H,27,31)(H,29,30)/t24-/m0/s1. The predicted octanol–water partition coefficient (Wildman–Crippen LogP) is 4.50. The van der Waals surface area contributed by atoms with Gasteiger partial charge in [0.1, 0.15) is 12.6 Å². The second-order valence-electron chi connectivity index (χ2n) is 7.91. The number of hydrogen-bond donors (Lipinski definition) is 2. The van der Waals surface area contributed by atoms with Crippen LogP contribution in [0.2, 0.25) is 0 Å². The monoisotopic (exact) mass is 430 g/mol. The molecule has 1 aliphatic carbocycles. The van der Waals surface area contributed by atoms with Crippen molar-refractivity contribution >= 4 is 17.7 Å². The van der Waals surface area contributed by atoms with E-state index in [0.717, 1.165) is 27.9 Å². The first-order valence-corrected chi connectivity index (χ1v) is 10.6. The first-order valence-electron chi connectivity index (χ1n) is 10.6. The van der Waals surface area contributed by atoms with Gasteiger partial charge in [0.25, 0.3) is 0 Å². The molecule has 0 spiro atoms. The Hall–Kier alpha value is -3.80. The molecule has 164 valence electrons. The van der Waals surface area contributed by atoms with Gasteiger partial charge < -0.3 is 20.1 Å². The van der Waals surface area contributed by atoms with Crippen molar-refractivity contribution in [3.63, 3.8) is 0 Å². The number of carboxylic acid groups (broad SMARTS) is 1. The fourth-order valence-electron chi connectivity index (χ4n) is 4.17. The van der Waals surface area contributed by atoms with E-state index in [4.69, 9.17) is 4.74 Å². The molecule has 0 aromatic heterocycles. The minimum Gasteiger partial charge on any atom is -0.480 e. The number of ether oxygens (including phenoxy) is 1. The molecule has 4 rings (SSSR count). The molecule has 0 heterocycles. The van der Waals surface area contributed by atoms with Crippen LogP contribution in [-0.4, -0.2) is 43.4 Å². The normalized spacial score (nSPS) is 13.0. The van der Waals surface area contributed by atoms with Gasteiger partial charge in [-0.2, -0.15) is 0 Å². The molecule has 0 radical (unpaired) electrons. The SMILES string of the molecule is CN(CC[C@H](NC(=O)OCC1c2ccccc2-c2ccccc21)C(=O)O)c1ccccc1. The summed E-state index contributed by atoms with van der Waals surface area (Å²) in [4.78, 5) is 26.1. The molecule has 1 atom stereocenters. The van der Waals surface area contributed by atoms with Crippen LogP contribution < -0.4 is 10.2 Å². The Labute approximate surface area is 187 Å². The van der Waals surface area contributed by atoms with Gasteiger partial charge in [-0.1, -0.05) is 66.7 Å². The Morgan fingerprint density at radius 3 is 2.09 bits per heavy atom. The van der Waals surface area contributed by atoms with Gasteiger partial charge in [-0.05, 0) is 40.8 Å².